The highest BCUT2D eigenvalue weighted by molar-refractivity contribution is 9.10. The largest absolute Gasteiger partial charge is 0.355 e. The smallest absolute Gasteiger partial charge is 0.139 e. The molecule has 0 aliphatic heterocycles. The maximum absolute atomic E-state index is 13.3. The van der Waals surface area contributed by atoms with Crippen molar-refractivity contribution in [2.45, 2.75) is 6.92 Å². The molecule has 0 radical (unpaired) electrons. The van der Waals surface area contributed by atoms with Crippen LogP contribution in [0.25, 0.3) is 0 Å². The first-order valence-electron chi connectivity index (χ1n) is 5.33. The number of hydrogen-bond donors (Lipinski definition) is 1. The molecule has 2 aromatic carbocycles. The van der Waals surface area contributed by atoms with E-state index in [2.05, 4.69) is 27.3 Å². The number of halogens is 2. The maximum Gasteiger partial charge on any atom is 0.139 e. The van der Waals surface area contributed by atoms with E-state index in [4.69, 9.17) is 5.26 Å². The van der Waals surface area contributed by atoms with E-state index in [1.165, 1.54) is 6.07 Å². The van der Waals surface area contributed by atoms with E-state index in [0.29, 0.717) is 15.7 Å². The van der Waals surface area contributed by atoms with Crippen molar-refractivity contribution in [2.75, 3.05) is 5.32 Å². The molecule has 0 aromatic heterocycles. The lowest BCUT2D eigenvalue weighted by atomic mass is 10.1. The van der Waals surface area contributed by atoms with E-state index in [-0.39, 0.29) is 5.82 Å². The van der Waals surface area contributed by atoms with E-state index in [9.17, 15) is 4.39 Å². The van der Waals surface area contributed by atoms with Crippen LogP contribution in [0.1, 0.15) is 11.1 Å². The van der Waals surface area contributed by atoms with Gasteiger partial charge in [-0.2, -0.15) is 5.26 Å². The molecule has 4 heteroatoms. The first-order valence-corrected chi connectivity index (χ1v) is 6.12. The molecule has 0 bridgehead atoms. The zero-order valence-corrected chi connectivity index (χ0v) is 11.3. The third kappa shape index (κ3) is 2.69. The summed E-state index contributed by atoms with van der Waals surface area (Å²) >= 11 is 3.11. The highest BCUT2D eigenvalue weighted by atomic mass is 79.9. The normalized spacial score (nSPS) is 9.89. The fraction of sp³-hybridized carbons (Fsp3) is 0.0714. The van der Waals surface area contributed by atoms with Crippen LogP contribution in [0.4, 0.5) is 15.8 Å². The van der Waals surface area contributed by atoms with Crippen LogP contribution in [0.15, 0.2) is 40.9 Å². The van der Waals surface area contributed by atoms with E-state index >= 15 is 0 Å². The summed E-state index contributed by atoms with van der Waals surface area (Å²) in [7, 11) is 0. The van der Waals surface area contributed by atoms with Crippen molar-refractivity contribution in [3.8, 4) is 6.07 Å². The molecule has 0 saturated heterocycles. The molecule has 2 nitrogen and oxygen atoms in total. The zero-order valence-electron chi connectivity index (χ0n) is 9.67. The number of hydrogen-bond acceptors (Lipinski definition) is 2. The average Bonchev–Trinajstić information content (AvgIpc) is 2.34. The minimum Gasteiger partial charge on any atom is -0.355 e. The fourth-order valence-electron chi connectivity index (χ4n) is 1.61. The Hall–Kier alpha value is -1.86. The van der Waals surface area contributed by atoms with Gasteiger partial charge in [-0.05, 0) is 64.8 Å². The minimum absolute atomic E-state index is 0.314. The van der Waals surface area contributed by atoms with Crippen molar-refractivity contribution < 1.29 is 4.39 Å². The molecule has 0 heterocycles. The fourth-order valence-corrected chi connectivity index (χ4v) is 1.85. The molecule has 0 amide bonds. The third-order valence-corrected chi connectivity index (χ3v) is 3.20. The summed E-state index contributed by atoms with van der Waals surface area (Å²) in [5.74, 6) is -0.314. The van der Waals surface area contributed by atoms with Crippen LogP contribution in [-0.2, 0) is 0 Å². The molecule has 0 atom stereocenters. The Morgan fingerprint density at radius 3 is 2.44 bits per heavy atom. The SMILES string of the molecule is Cc1cc(Nc2ccc(Br)c(F)c2)ccc1C#N. The number of benzene rings is 2. The van der Waals surface area contributed by atoms with E-state index in [0.717, 1.165) is 11.3 Å². The second kappa shape index (κ2) is 5.19. The van der Waals surface area contributed by atoms with Gasteiger partial charge in [0.1, 0.15) is 5.82 Å². The van der Waals surface area contributed by atoms with Crippen LogP contribution in [0, 0.1) is 24.1 Å². The number of nitrogens with one attached hydrogen (secondary N) is 1. The summed E-state index contributed by atoms with van der Waals surface area (Å²) in [6, 6.07) is 12.3. The molecular formula is C14H10BrFN2. The van der Waals surface area contributed by atoms with Gasteiger partial charge in [-0.1, -0.05) is 0 Å². The molecule has 0 saturated carbocycles. The molecule has 2 aromatic rings. The Bertz CT molecular complexity index is 632. The molecule has 90 valence electrons. The number of rotatable bonds is 2. The van der Waals surface area contributed by atoms with Crippen LogP contribution < -0.4 is 5.32 Å². The summed E-state index contributed by atoms with van der Waals surface area (Å²) in [5, 5.41) is 11.9. The second-order valence-corrected chi connectivity index (χ2v) is 4.75. The van der Waals surface area contributed by atoms with Crippen molar-refractivity contribution >= 4 is 27.3 Å². The molecule has 0 fully saturated rings. The van der Waals surface area contributed by atoms with Gasteiger partial charge >= 0.3 is 0 Å². The van der Waals surface area contributed by atoms with Gasteiger partial charge in [0.25, 0.3) is 0 Å². The lowest BCUT2D eigenvalue weighted by Gasteiger charge is -2.08. The van der Waals surface area contributed by atoms with Gasteiger partial charge in [0.2, 0.25) is 0 Å². The molecule has 0 spiro atoms. The summed E-state index contributed by atoms with van der Waals surface area (Å²) in [6.07, 6.45) is 0. The van der Waals surface area contributed by atoms with E-state index < -0.39 is 0 Å². The predicted molar refractivity (Wildman–Crippen MR) is 73.3 cm³/mol. The summed E-state index contributed by atoms with van der Waals surface area (Å²) in [6.45, 7) is 1.87. The highest BCUT2D eigenvalue weighted by Crippen LogP contribution is 2.23. The Labute approximate surface area is 113 Å². The third-order valence-electron chi connectivity index (χ3n) is 2.56. The monoisotopic (exact) mass is 304 g/mol. The first-order chi connectivity index (χ1) is 8.60. The average molecular weight is 305 g/mol. The van der Waals surface area contributed by atoms with E-state index in [1.807, 2.05) is 13.0 Å². The van der Waals surface area contributed by atoms with Crippen molar-refractivity contribution in [3.05, 3.63) is 57.8 Å². The molecule has 0 unspecified atom stereocenters. The van der Waals surface area contributed by atoms with Crippen LogP contribution in [-0.4, -0.2) is 0 Å². The number of nitriles is 1. The minimum atomic E-state index is -0.314. The van der Waals surface area contributed by atoms with E-state index in [1.54, 1.807) is 24.3 Å². The van der Waals surface area contributed by atoms with Gasteiger partial charge in [-0.15, -0.1) is 0 Å². The van der Waals surface area contributed by atoms with Gasteiger partial charge in [0, 0.05) is 11.4 Å². The van der Waals surface area contributed by atoms with Gasteiger partial charge in [0.15, 0.2) is 0 Å². The van der Waals surface area contributed by atoms with Crippen LogP contribution in [0.2, 0.25) is 0 Å². The molecular weight excluding hydrogens is 295 g/mol. The molecule has 18 heavy (non-hydrogen) atoms. The summed E-state index contributed by atoms with van der Waals surface area (Å²) < 4.78 is 13.8. The van der Waals surface area contributed by atoms with Crippen molar-refractivity contribution in [3.63, 3.8) is 0 Å². The Balaban J connectivity index is 2.26. The lowest BCUT2D eigenvalue weighted by Crippen LogP contribution is -1.93. The predicted octanol–water partition coefficient (Wildman–Crippen LogP) is 4.51. The van der Waals surface area contributed by atoms with Gasteiger partial charge in [0.05, 0.1) is 16.1 Å². The topological polar surface area (TPSA) is 35.8 Å². The van der Waals surface area contributed by atoms with Crippen LogP contribution >= 0.6 is 15.9 Å². The Morgan fingerprint density at radius 1 is 1.17 bits per heavy atom. The van der Waals surface area contributed by atoms with Crippen LogP contribution in [0.3, 0.4) is 0 Å². The number of nitrogens with zero attached hydrogens (tertiary/aromatic N) is 1. The summed E-state index contributed by atoms with van der Waals surface area (Å²) in [5.41, 5.74) is 3.02. The first kappa shape index (κ1) is 12.6. The van der Waals surface area contributed by atoms with Gasteiger partial charge in [-0.25, -0.2) is 4.39 Å². The number of anilines is 2. The maximum atomic E-state index is 13.3. The van der Waals surface area contributed by atoms with Crippen molar-refractivity contribution in [2.24, 2.45) is 0 Å². The standard InChI is InChI=1S/C14H10BrFN2/c1-9-6-11(3-2-10(9)8-17)18-12-4-5-13(15)14(16)7-12/h2-7,18H,1H3. The van der Waals surface area contributed by atoms with Crippen LogP contribution in [0.5, 0.6) is 0 Å². The molecule has 0 aliphatic carbocycles. The summed E-state index contributed by atoms with van der Waals surface area (Å²) in [4.78, 5) is 0. The number of aryl methyl sites for hydroxylation is 1. The molecule has 2 rings (SSSR count). The Kier molecular flexibility index (Phi) is 3.63. The Morgan fingerprint density at radius 2 is 1.83 bits per heavy atom. The van der Waals surface area contributed by atoms with Crippen molar-refractivity contribution in [1.29, 1.82) is 5.26 Å². The van der Waals surface area contributed by atoms with Crippen molar-refractivity contribution in [1.82, 2.24) is 0 Å². The lowest BCUT2D eigenvalue weighted by molar-refractivity contribution is 0.622. The zero-order chi connectivity index (χ0) is 13.1. The molecule has 1 N–H and O–H groups in total. The quantitative estimate of drug-likeness (QED) is 0.886. The molecule has 0 aliphatic rings. The van der Waals surface area contributed by atoms with Gasteiger partial charge < -0.3 is 5.32 Å². The second-order valence-electron chi connectivity index (χ2n) is 3.90. The highest BCUT2D eigenvalue weighted by Gasteiger charge is 2.02. The van der Waals surface area contributed by atoms with Gasteiger partial charge in [-0.3, -0.25) is 0 Å².